The minimum absolute atomic E-state index is 0.0317. The van der Waals surface area contributed by atoms with Crippen LogP contribution in [-0.4, -0.2) is 20.5 Å². The average molecular weight is 217 g/mol. The molecule has 2 heterocycles. The fraction of sp³-hybridized carbons (Fsp3) is 0.143. The normalized spacial score (nSPS) is 10.8. The number of imidazole rings is 1. The second kappa shape index (κ2) is 3.01. The first-order chi connectivity index (χ1) is 6.18. The van der Waals surface area contributed by atoms with Crippen LogP contribution < -0.4 is 0 Å². The standard InChI is InChI=1S/C7H5ClN2O2S/c8-5-2-9-7-10(5)4(3-13-7)1-6(11)12/h2-3H,1H2,(H,11,12). The van der Waals surface area contributed by atoms with Gasteiger partial charge in [0.15, 0.2) is 4.96 Å². The van der Waals surface area contributed by atoms with Crippen molar-refractivity contribution in [3.8, 4) is 0 Å². The van der Waals surface area contributed by atoms with E-state index >= 15 is 0 Å². The summed E-state index contributed by atoms with van der Waals surface area (Å²) < 4.78 is 1.64. The first-order valence-electron chi connectivity index (χ1n) is 3.49. The zero-order valence-electron chi connectivity index (χ0n) is 6.40. The topological polar surface area (TPSA) is 54.6 Å². The number of fused-ring (bicyclic) bond motifs is 1. The van der Waals surface area contributed by atoms with E-state index in [9.17, 15) is 4.79 Å². The van der Waals surface area contributed by atoms with Gasteiger partial charge in [-0.3, -0.25) is 9.20 Å². The monoisotopic (exact) mass is 216 g/mol. The highest BCUT2D eigenvalue weighted by Gasteiger charge is 2.10. The number of carbonyl (C=O) groups is 1. The Morgan fingerprint density at radius 1 is 1.77 bits per heavy atom. The Hall–Kier alpha value is -1.07. The number of thiazole rings is 1. The summed E-state index contributed by atoms with van der Waals surface area (Å²) in [5, 5.41) is 10.8. The van der Waals surface area contributed by atoms with Gasteiger partial charge in [-0.15, -0.1) is 11.3 Å². The van der Waals surface area contributed by atoms with Gasteiger partial charge in [-0.2, -0.15) is 0 Å². The number of aliphatic carboxylic acids is 1. The molecular formula is C7H5ClN2O2S. The zero-order valence-corrected chi connectivity index (χ0v) is 7.97. The van der Waals surface area contributed by atoms with Crippen LogP contribution >= 0.6 is 22.9 Å². The third-order valence-electron chi connectivity index (χ3n) is 1.61. The third kappa shape index (κ3) is 1.40. The minimum atomic E-state index is -0.871. The van der Waals surface area contributed by atoms with E-state index < -0.39 is 5.97 Å². The molecule has 0 saturated carbocycles. The van der Waals surface area contributed by atoms with Gasteiger partial charge in [0.2, 0.25) is 0 Å². The first-order valence-corrected chi connectivity index (χ1v) is 4.75. The van der Waals surface area contributed by atoms with Gasteiger partial charge in [-0.25, -0.2) is 4.98 Å². The molecule has 68 valence electrons. The Bertz CT molecular complexity index is 462. The molecule has 0 saturated heterocycles. The van der Waals surface area contributed by atoms with Crippen molar-refractivity contribution in [3.63, 3.8) is 0 Å². The lowest BCUT2D eigenvalue weighted by Gasteiger charge is -1.94. The van der Waals surface area contributed by atoms with Crippen LogP contribution in [0, 0.1) is 0 Å². The van der Waals surface area contributed by atoms with E-state index in [0.717, 1.165) is 4.96 Å². The summed E-state index contributed by atoms with van der Waals surface area (Å²) in [5.74, 6) is -0.871. The SMILES string of the molecule is O=C(O)Cc1csc2ncc(Cl)n12. The molecule has 0 aromatic carbocycles. The highest BCUT2D eigenvalue weighted by molar-refractivity contribution is 7.15. The van der Waals surface area contributed by atoms with Gasteiger partial charge in [-0.1, -0.05) is 11.6 Å². The molecule has 0 aliphatic rings. The van der Waals surface area contributed by atoms with E-state index in [1.54, 1.807) is 9.78 Å². The van der Waals surface area contributed by atoms with Crippen LogP contribution in [0.25, 0.3) is 4.96 Å². The first kappa shape index (κ1) is 8.52. The fourth-order valence-electron chi connectivity index (χ4n) is 1.11. The molecule has 2 rings (SSSR count). The minimum Gasteiger partial charge on any atom is -0.481 e. The second-order valence-electron chi connectivity index (χ2n) is 2.50. The van der Waals surface area contributed by atoms with E-state index in [0.29, 0.717) is 10.8 Å². The van der Waals surface area contributed by atoms with E-state index in [-0.39, 0.29) is 6.42 Å². The lowest BCUT2D eigenvalue weighted by molar-refractivity contribution is -0.136. The number of rotatable bonds is 2. The van der Waals surface area contributed by atoms with Gasteiger partial charge in [0.25, 0.3) is 0 Å². The number of hydrogen-bond acceptors (Lipinski definition) is 3. The summed E-state index contributed by atoms with van der Waals surface area (Å²) >= 11 is 7.20. The summed E-state index contributed by atoms with van der Waals surface area (Å²) in [6.07, 6.45) is 1.48. The summed E-state index contributed by atoms with van der Waals surface area (Å²) in [4.78, 5) is 15.2. The molecule has 0 aliphatic heterocycles. The van der Waals surface area contributed by atoms with E-state index in [1.807, 2.05) is 0 Å². The van der Waals surface area contributed by atoms with Crippen LogP contribution in [0.4, 0.5) is 0 Å². The molecule has 6 heteroatoms. The van der Waals surface area contributed by atoms with Crippen LogP contribution in [0.15, 0.2) is 11.6 Å². The average Bonchev–Trinajstić information content (AvgIpc) is 2.56. The van der Waals surface area contributed by atoms with Gasteiger partial charge in [0.05, 0.1) is 12.6 Å². The smallest absolute Gasteiger partial charge is 0.309 e. The van der Waals surface area contributed by atoms with Crippen molar-refractivity contribution in [2.45, 2.75) is 6.42 Å². The van der Waals surface area contributed by atoms with E-state index in [1.165, 1.54) is 17.5 Å². The molecule has 2 aromatic rings. The summed E-state index contributed by atoms with van der Waals surface area (Å²) in [5.41, 5.74) is 0.662. The molecule has 4 nitrogen and oxygen atoms in total. The van der Waals surface area contributed by atoms with Crippen molar-refractivity contribution < 1.29 is 9.90 Å². The fourth-order valence-corrected chi connectivity index (χ4v) is 2.26. The highest BCUT2D eigenvalue weighted by atomic mass is 35.5. The van der Waals surface area contributed by atoms with Crippen LogP contribution in [0.5, 0.6) is 0 Å². The molecule has 0 amide bonds. The van der Waals surface area contributed by atoms with Crippen molar-refractivity contribution in [3.05, 3.63) is 22.4 Å². The molecule has 0 fully saturated rings. The van der Waals surface area contributed by atoms with Crippen LogP contribution in [0.2, 0.25) is 5.15 Å². The van der Waals surface area contributed by atoms with Gasteiger partial charge in [0.1, 0.15) is 5.15 Å². The molecule has 0 unspecified atom stereocenters. The van der Waals surface area contributed by atoms with Crippen molar-refractivity contribution in [2.24, 2.45) is 0 Å². The Morgan fingerprint density at radius 2 is 2.54 bits per heavy atom. The molecule has 0 atom stereocenters. The molecule has 0 bridgehead atoms. The van der Waals surface area contributed by atoms with Gasteiger partial charge >= 0.3 is 5.97 Å². The highest BCUT2D eigenvalue weighted by Crippen LogP contribution is 2.21. The maximum atomic E-state index is 10.5. The Kier molecular flexibility index (Phi) is 1.97. The molecular weight excluding hydrogens is 212 g/mol. The quantitative estimate of drug-likeness (QED) is 0.831. The summed E-state index contributed by atoms with van der Waals surface area (Å²) in [7, 11) is 0. The molecule has 1 N–H and O–H groups in total. The summed E-state index contributed by atoms with van der Waals surface area (Å²) in [6.45, 7) is 0. The second-order valence-corrected chi connectivity index (χ2v) is 3.72. The number of hydrogen-bond donors (Lipinski definition) is 1. The van der Waals surface area contributed by atoms with E-state index in [4.69, 9.17) is 16.7 Å². The lowest BCUT2D eigenvalue weighted by Crippen LogP contribution is -2.02. The number of halogens is 1. The molecule has 0 spiro atoms. The van der Waals surface area contributed by atoms with Crippen LogP contribution in [0.1, 0.15) is 5.69 Å². The third-order valence-corrected chi connectivity index (χ3v) is 2.76. The largest absolute Gasteiger partial charge is 0.481 e. The predicted octanol–water partition coefficient (Wildman–Crippen LogP) is 1.68. The molecule has 0 radical (unpaired) electrons. The van der Waals surface area contributed by atoms with Crippen molar-refractivity contribution >= 4 is 33.9 Å². The summed E-state index contributed by atoms with van der Waals surface area (Å²) in [6, 6.07) is 0. The number of carboxylic acid groups (broad SMARTS) is 1. The Labute approximate surface area is 82.4 Å². The predicted molar refractivity (Wildman–Crippen MR) is 49.4 cm³/mol. The van der Waals surface area contributed by atoms with Gasteiger partial charge in [0, 0.05) is 11.1 Å². The number of nitrogens with zero attached hydrogens (tertiary/aromatic N) is 2. The molecule has 13 heavy (non-hydrogen) atoms. The Morgan fingerprint density at radius 3 is 3.23 bits per heavy atom. The molecule has 2 aromatic heterocycles. The van der Waals surface area contributed by atoms with Crippen molar-refractivity contribution in [1.82, 2.24) is 9.38 Å². The molecule has 0 aliphatic carbocycles. The zero-order chi connectivity index (χ0) is 9.42. The van der Waals surface area contributed by atoms with Crippen LogP contribution in [0.3, 0.4) is 0 Å². The van der Waals surface area contributed by atoms with Crippen molar-refractivity contribution in [2.75, 3.05) is 0 Å². The maximum Gasteiger partial charge on any atom is 0.309 e. The Balaban J connectivity index is 2.55. The number of carboxylic acids is 1. The van der Waals surface area contributed by atoms with Crippen molar-refractivity contribution in [1.29, 1.82) is 0 Å². The van der Waals surface area contributed by atoms with Crippen LogP contribution in [-0.2, 0) is 11.2 Å². The van der Waals surface area contributed by atoms with E-state index in [2.05, 4.69) is 4.98 Å². The maximum absolute atomic E-state index is 10.5. The lowest BCUT2D eigenvalue weighted by atomic mass is 10.3. The number of aromatic nitrogens is 2. The van der Waals surface area contributed by atoms with Gasteiger partial charge < -0.3 is 5.11 Å². The van der Waals surface area contributed by atoms with Gasteiger partial charge in [-0.05, 0) is 0 Å².